The largest absolute Gasteiger partial charge is 0.307 e. The fourth-order valence-corrected chi connectivity index (χ4v) is 4.17. The topological polar surface area (TPSA) is 79.4 Å². The van der Waals surface area contributed by atoms with E-state index in [4.69, 9.17) is 0 Å². The smallest absolute Gasteiger partial charge is 0.256 e. The molecular formula is C17H19N3O3S. The summed E-state index contributed by atoms with van der Waals surface area (Å²) in [6, 6.07) is 11.4. The summed E-state index contributed by atoms with van der Waals surface area (Å²) in [6.45, 7) is 2.96. The van der Waals surface area contributed by atoms with E-state index in [1.54, 1.807) is 6.07 Å². The first-order valence-electron chi connectivity index (χ1n) is 7.82. The van der Waals surface area contributed by atoms with Crippen LogP contribution in [-0.2, 0) is 10.0 Å². The fourth-order valence-electron chi connectivity index (χ4n) is 2.66. The molecule has 2 aromatic rings. The maximum atomic E-state index is 12.5. The first-order chi connectivity index (χ1) is 11.5. The molecule has 126 valence electrons. The van der Waals surface area contributed by atoms with Crippen molar-refractivity contribution < 1.29 is 13.2 Å². The number of pyridine rings is 1. The maximum absolute atomic E-state index is 12.5. The van der Waals surface area contributed by atoms with E-state index in [9.17, 15) is 13.2 Å². The van der Waals surface area contributed by atoms with Crippen molar-refractivity contribution in [3.05, 3.63) is 53.7 Å². The molecule has 0 spiro atoms. The number of hydrogen-bond donors (Lipinski definition) is 1. The van der Waals surface area contributed by atoms with Crippen LogP contribution >= 0.6 is 0 Å². The van der Waals surface area contributed by atoms with E-state index in [1.165, 1.54) is 28.6 Å². The Kier molecular flexibility index (Phi) is 4.64. The van der Waals surface area contributed by atoms with Crippen LogP contribution in [-0.4, -0.2) is 36.7 Å². The molecule has 6 nitrogen and oxygen atoms in total. The van der Waals surface area contributed by atoms with Crippen molar-refractivity contribution in [2.75, 3.05) is 18.4 Å². The normalized spacial score (nSPS) is 15.4. The Morgan fingerprint density at radius 3 is 2.38 bits per heavy atom. The molecule has 1 saturated heterocycles. The second kappa shape index (κ2) is 6.70. The van der Waals surface area contributed by atoms with Crippen LogP contribution in [0.5, 0.6) is 0 Å². The Morgan fingerprint density at radius 1 is 1.08 bits per heavy atom. The minimum atomic E-state index is -3.46. The predicted octanol–water partition coefficient (Wildman–Crippen LogP) is 2.43. The lowest BCUT2D eigenvalue weighted by molar-refractivity contribution is 0.102. The molecule has 24 heavy (non-hydrogen) atoms. The highest BCUT2D eigenvalue weighted by molar-refractivity contribution is 7.89. The van der Waals surface area contributed by atoms with Gasteiger partial charge in [-0.1, -0.05) is 6.07 Å². The molecule has 0 saturated carbocycles. The number of aryl methyl sites for hydroxylation is 1. The highest BCUT2D eigenvalue weighted by atomic mass is 32.2. The molecule has 1 fully saturated rings. The monoisotopic (exact) mass is 345 g/mol. The zero-order valence-electron chi connectivity index (χ0n) is 13.4. The van der Waals surface area contributed by atoms with Crippen LogP contribution in [0.3, 0.4) is 0 Å². The third-order valence-corrected chi connectivity index (χ3v) is 5.86. The van der Waals surface area contributed by atoms with Gasteiger partial charge in [0.1, 0.15) is 5.82 Å². The molecule has 0 atom stereocenters. The third kappa shape index (κ3) is 3.47. The number of aromatic nitrogens is 1. The molecule has 0 radical (unpaired) electrons. The Balaban J connectivity index is 1.75. The van der Waals surface area contributed by atoms with Gasteiger partial charge in [-0.05, 0) is 56.2 Å². The molecule has 2 heterocycles. The quantitative estimate of drug-likeness (QED) is 0.923. The summed E-state index contributed by atoms with van der Waals surface area (Å²) in [7, 11) is -3.46. The van der Waals surface area contributed by atoms with Crippen molar-refractivity contribution in [2.45, 2.75) is 24.7 Å². The molecule has 1 aromatic heterocycles. The predicted molar refractivity (Wildman–Crippen MR) is 91.4 cm³/mol. The Bertz CT molecular complexity index is 842. The number of hydrogen-bond acceptors (Lipinski definition) is 4. The summed E-state index contributed by atoms with van der Waals surface area (Å²) >= 11 is 0. The van der Waals surface area contributed by atoms with Gasteiger partial charge < -0.3 is 5.32 Å². The second-order valence-electron chi connectivity index (χ2n) is 5.75. The number of amides is 1. The van der Waals surface area contributed by atoms with E-state index in [0.717, 1.165) is 18.5 Å². The van der Waals surface area contributed by atoms with E-state index < -0.39 is 10.0 Å². The zero-order chi connectivity index (χ0) is 17.2. The van der Waals surface area contributed by atoms with Gasteiger partial charge in [-0.2, -0.15) is 4.31 Å². The average Bonchev–Trinajstić information content (AvgIpc) is 3.10. The third-order valence-electron chi connectivity index (χ3n) is 3.95. The van der Waals surface area contributed by atoms with Gasteiger partial charge in [-0.15, -0.1) is 0 Å². The highest BCUT2D eigenvalue weighted by Gasteiger charge is 2.27. The SMILES string of the molecule is Cc1cccc(NC(=O)c2ccc(S(=O)(=O)N3CCCC3)cc2)n1. The fraction of sp³-hybridized carbons (Fsp3) is 0.294. The standard InChI is InChI=1S/C17H19N3O3S/c1-13-5-4-6-16(18-13)19-17(21)14-7-9-15(10-8-14)24(22,23)20-11-2-3-12-20/h4-10H,2-3,11-12H2,1H3,(H,18,19,21). The second-order valence-corrected chi connectivity index (χ2v) is 7.69. The summed E-state index contributed by atoms with van der Waals surface area (Å²) in [6.07, 6.45) is 1.78. The number of nitrogens with one attached hydrogen (secondary N) is 1. The Morgan fingerprint density at radius 2 is 1.75 bits per heavy atom. The van der Waals surface area contributed by atoms with Crippen molar-refractivity contribution in [3.8, 4) is 0 Å². The average molecular weight is 345 g/mol. The minimum absolute atomic E-state index is 0.217. The Hall–Kier alpha value is -2.25. The number of sulfonamides is 1. The molecule has 1 aromatic carbocycles. The van der Waals surface area contributed by atoms with Gasteiger partial charge in [-0.25, -0.2) is 13.4 Å². The van der Waals surface area contributed by atoms with Gasteiger partial charge in [0.25, 0.3) is 5.91 Å². The van der Waals surface area contributed by atoms with Crippen molar-refractivity contribution >= 4 is 21.7 Å². The number of benzene rings is 1. The summed E-state index contributed by atoms with van der Waals surface area (Å²) in [5, 5.41) is 2.70. The van der Waals surface area contributed by atoms with Gasteiger partial charge in [0.05, 0.1) is 4.90 Å². The van der Waals surface area contributed by atoms with Crippen molar-refractivity contribution in [2.24, 2.45) is 0 Å². The number of rotatable bonds is 4. The van der Waals surface area contributed by atoms with Crippen LogP contribution in [0.25, 0.3) is 0 Å². The lowest BCUT2D eigenvalue weighted by Gasteiger charge is -2.15. The number of anilines is 1. The minimum Gasteiger partial charge on any atom is -0.307 e. The van der Waals surface area contributed by atoms with Crippen molar-refractivity contribution in [3.63, 3.8) is 0 Å². The van der Waals surface area contributed by atoms with Gasteiger partial charge in [0.15, 0.2) is 0 Å². The number of carbonyl (C=O) groups is 1. The van der Waals surface area contributed by atoms with E-state index in [0.29, 0.717) is 24.5 Å². The molecule has 1 aliphatic heterocycles. The first kappa shape index (κ1) is 16.6. The van der Waals surface area contributed by atoms with Gasteiger partial charge >= 0.3 is 0 Å². The summed E-state index contributed by atoms with van der Waals surface area (Å²) in [5.41, 5.74) is 1.19. The van der Waals surface area contributed by atoms with Gasteiger partial charge in [0.2, 0.25) is 10.0 Å². The molecule has 1 N–H and O–H groups in total. The molecule has 0 aliphatic carbocycles. The van der Waals surface area contributed by atoms with Crippen LogP contribution in [0.15, 0.2) is 47.4 Å². The van der Waals surface area contributed by atoms with Crippen LogP contribution in [0.1, 0.15) is 28.9 Å². The van der Waals surface area contributed by atoms with Crippen LogP contribution in [0.2, 0.25) is 0 Å². The lowest BCUT2D eigenvalue weighted by Crippen LogP contribution is -2.27. The Labute approximate surface area is 141 Å². The summed E-state index contributed by atoms with van der Waals surface area (Å²) < 4.78 is 26.4. The molecule has 3 rings (SSSR count). The molecule has 1 aliphatic rings. The zero-order valence-corrected chi connectivity index (χ0v) is 14.2. The molecule has 7 heteroatoms. The van der Waals surface area contributed by atoms with Crippen molar-refractivity contribution in [1.82, 2.24) is 9.29 Å². The highest BCUT2D eigenvalue weighted by Crippen LogP contribution is 2.21. The lowest BCUT2D eigenvalue weighted by atomic mass is 10.2. The molecule has 0 bridgehead atoms. The van der Waals surface area contributed by atoms with Crippen LogP contribution in [0, 0.1) is 6.92 Å². The number of carbonyl (C=O) groups excluding carboxylic acids is 1. The van der Waals surface area contributed by atoms with Crippen LogP contribution < -0.4 is 5.32 Å². The van der Waals surface area contributed by atoms with Gasteiger partial charge in [0, 0.05) is 24.3 Å². The van der Waals surface area contributed by atoms with E-state index in [1.807, 2.05) is 19.1 Å². The molecular weight excluding hydrogens is 326 g/mol. The molecule has 1 amide bonds. The molecule has 0 unspecified atom stereocenters. The van der Waals surface area contributed by atoms with E-state index in [-0.39, 0.29) is 10.8 Å². The van der Waals surface area contributed by atoms with E-state index in [2.05, 4.69) is 10.3 Å². The van der Waals surface area contributed by atoms with Crippen molar-refractivity contribution in [1.29, 1.82) is 0 Å². The summed E-state index contributed by atoms with van der Waals surface area (Å²) in [4.78, 5) is 16.7. The first-order valence-corrected chi connectivity index (χ1v) is 9.26. The summed E-state index contributed by atoms with van der Waals surface area (Å²) in [5.74, 6) is 0.145. The maximum Gasteiger partial charge on any atom is 0.256 e. The van der Waals surface area contributed by atoms with Crippen LogP contribution in [0.4, 0.5) is 5.82 Å². The number of nitrogens with zero attached hydrogens (tertiary/aromatic N) is 2. The van der Waals surface area contributed by atoms with Gasteiger partial charge in [-0.3, -0.25) is 4.79 Å². The van der Waals surface area contributed by atoms with E-state index >= 15 is 0 Å².